The second-order valence-electron chi connectivity index (χ2n) is 7.83. The van der Waals surface area contributed by atoms with Gasteiger partial charge in [-0.25, -0.2) is 8.42 Å². The van der Waals surface area contributed by atoms with E-state index in [9.17, 15) is 39.6 Å². The number of aromatic nitrogens is 1. The minimum absolute atomic E-state index is 0. The third kappa shape index (κ3) is 7.22. The Morgan fingerprint density at radius 1 is 1.11 bits per heavy atom. The van der Waals surface area contributed by atoms with Gasteiger partial charge in [-0.3, -0.25) is 19.4 Å². The summed E-state index contributed by atoms with van der Waals surface area (Å²) in [5.74, 6) is -1.92. The summed E-state index contributed by atoms with van der Waals surface area (Å²) in [6.45, 7) is 1.83. The molecule has 0 unspecified atom stereocenters. The zero-order valence-electron chi connectivity index (χ0n) is 18.9. The zero-order chi connectivity index (χ0) is 26.7. The first-order valence-electron chi connectivity index (χ1n) is 10.6. The van der Waals surface area contributed by atoms with E-state index < -0.39 is 51.2 Å². The Labute approximate surface area is 204 Å². The van der Waals surface area contributed by atoms with E-state index in [0.29, 0.717) is 0 Å². The van der Waals surface area contributed by atoms with Crippen molar-refractivity contribution in [2.45, 2.75) is 26.0 Å². The van der Waals surface area contributed by atoms with Gasteiger partial charge in [0.15, 0.2) is 5.75 Å². The van der Waals surface area contributed by atoms with Crippen LogP contribution in [0.2, 0.25) is 0 Å². The Morgan fingerprint density at radius 3 is 2.36 bits per heavy atom. The molecule has 15 heteroatoms. The van der Waals surface area contributed by atoms with E-state index in [2.05, 4.69) is 9.72 Å². The van der Waals surface area contributed by atoms with Gasteiger partial charge in [-0.2, -0.15) is 13.2 Å². The van der Waals surface area contributed by atoms with Gasteiger partial charge >= 0.3 is 12.5 Å². The number of rotatable bonds is 7. The van der Waals surface area contributed by atoms with Crippen LogP contribution in [-0.4, -0.2) is 67.4 Å². The van der Waals surface area contributed by atoms with E-state index in [1.807, 2.05) is 4.72 Å². The molecule has 1 saturated heterocycles. The topological polar surface area (TPSA) is 91.8 Å². The molecule has 0 saturated carbocycles. The Hall–Kier alpha value is -3.07. The van der Waals surface area contributed by atoms with Gasteiger partial charge in [-0.05, 0) is 37.3 Å². The van der Waals surface area contributed by atoms with E-state index in [-0.39, 0.29) is 45.4 Å². The van der Waals surface area contributed by atoms with Crippen molar-refractivity contribution in [1.29, 1.82) is 0 Å². The first kappa shape index (κ1) is 27.5. The maximum atomic E-state index is 13.2. The molecular weight excluding hydrogens is 518 g/mol. The lowest BCUT2D eigenvalue weighted by atomic mass is 10.1. The molecule has 0 radical (unpaired) electrons. The average Bonchev–Trinajstić information content (AvgIpc) is 2.79. The van der Waals surface area contributed by atoms with Gasteiger partial charge in [0, 0.05) is 45.9 Å². The number of alkyl halides is 6. The summed E-state index contributed by atoms with van der Waals surface area (Å²) in [7, 11) is -3.92. The van der Waals surface area contributed by atoms with Crippen LogP contribution in [0.4, 0.5) is 32.0 Å². The molecule has 0 aliphatic carbocycles. The van der Waals surface area contributed by atoms with Gasteiger partial charge in [-0.1, -0.05) is 0 Å². The molecule has 0 bridgehead atoms. The number of piperazine rings is 1. The van der Waals surface area contributed by atoms with Crippen LogP contribution < -0.4 is 9.46 Å². The zero-order valence-corrected chi connectivity index (χ0v) is 19.7. The number of nitrogens with zero attached hydrogens (tertiary/aromatic N) is 3. The number of hydrogen-bond acceptors (Lipinski definition) is 6. The maximum absolute atomic E-state index is 13.2. The summed E-state index contributed by atoms with van der Waals surface area (Å²) >= 11 is 0. The number of nitrogens with one attached hydrogen (secondary N) is 1. The van der Waals surface area contributed by atoms with Crippen LogP contribution in [-0.2, 0) is 22.7 Å². The van der Waals surface area contributed by atoms with Gasteiger partial charge in [0.05, 0.1) is 22.7 Å². The van der Waals surface area contributed by atoms with Crippen molar-refractivity contribution in [3.05, 3.63) is 53.3 Å². The molecule has 36 heavy (non-hydrogen) atoms. The number of anilines is 1. The van der Waals surface area contributed by atoms with Crippen LogP contribution in [0.25, 0.3) is 0 Å². The lowest BCUT2D eigenvalue weighted by molar-refractivity contribution is -0.274. The summed E-state index contributed by atoms with van der Waals surface area (Å²) in [5, 5.41) is 0. The maximum Gasteiger partial charge on any atom is 0.573 e. The number of sulfonamides is 1. The van der Waals surface area contributed by atoms with Crippen molar-refractivity contribution in [1.82, 2.24) is 14.8 Å². The van der Waals surface area contributed by atoms with E-state index in [0.717, 1.165) is 24.3 Å². The average molecular weight is 543 g/mol. The molecular formula is C21H24F6N4O4S. The quantitative estimate of drug-likeness (QED) is 0.533. The van der Waals surface area contributed by atoms with E-state index in [4.69, 9.17) is 0 Å². The lowest BCUT2D eigenvalue weighted by Crippen LogP contribution is -2.48. The van der Waals surface area contributed by atoms with Gasteiger partial charge in [0.1, 0.15) is 0 Å². The highest BCUT2D eigenvalue weighted by molar-refractivity contribution is 7.92. The first-order chi connectivity index (χ1) is 16.7. The van der Waals surface area contributed by atoms with Crippen molar-refractivity contribution in [2.75, 3.05) is 36.7 Å². The summed E-state index contributed by atoms with van der Waals surface area (Å²) in [6, 6.07) is 5.08. The monoisotopic (exact) mass is 542 g/mol. The van der Waals surface area contributed by atoms with Crippen LogP contribution in [0.3, 0.4) is 0 Å². The molecule has 2 aromatic rings. The molecule has 1 aliphatic rings. The Balaban J connectivity index is 0.00000481. The molecule has 8 nitrogen and oxygen atoms in total. The Morgan fingerprint density at radius 2 is 1.78 bits per heavy atom. The predicted octanol–water partition coefficient (Wildman–Crippen LogP) is 3.96. The van der Waals surface area contributed by atoms with Crippen LogP contribution >= 0.6 is 0 Å². The lowest BCUT2D eigenvalue weighted by Gasteiger charge is -2.35. The van der Waals surface area contributed by atoms with Crippen molar-refractivity contribution >= 4 is 21.6 Å². The molecule has 1 aromatic carbocycles. The highest BCUT2D eigenvalue weighted by Gasteiger charge is 2.35. The second-order valence-corrected chi connectivity index (χ2v) is 9.84. The fourth-order valence-corrected chi connectivity index (χ4v) is 4.16. The third-order valence-electron chi connectivity index (χ3n) is 5.33. The van der Waals surface area contributed by atoms with Crippen molar-refractivity contribution in [2.24, 2.45) is 0 Å². The van der Waals surface area contributed by atoms with Crippen LogP contribution in [0.1, 0.15) is 30.0 Å². The van der Waals surface area contributed by atoms with Crippen molar-refractivity contribution in [3.8, 4) is 5.75 Å². The molecule has 2 heterocycles. The summed E-state index contributed by atoms with van der Waals surface area (Å²) in [4.78, 5) is 19.7. The van der Waals surface area contributed by atoms with E-state index >= 15 is 0 Å². The Bertz CT molecular complexity index is 1200. The first-order valence-corrected chi connectivity index (χ1v) is 12.3. The molecule has 1 aromatic heterocycles. The molecule has 0 atom stereocenters. The fraction of sp³-hybridized carbons (Fsp3) is 0.429. The molecule has 1 amide bonds. The number of carbonyl (C=O) groups is 1. The minimum Gasteiger partial charge on any atom is -0.404 e. The molecule has 3 rings (SSSR count). The number of hydrogen-bond donors (Lipinski definition) is 1. The number of carbonyl (C=O) groups excluding carboxylic acids is 1. The summed E-state index contributed by atoms with van der Waals surface area (Å²) < 4.78 is 108. The molecule has 200 valence electrons. The SMILES string of the molecule is CCS(=O)(=O)Nc1ccc(C(=O)N2CCN(Cc3ncccc3C(F)(F)F)CC2)cc1OC(F)(F)F.[HH]. The molecule has 1 N–H and O–H groups in total. The second kappa shape index (κ2) is 10.5. The fourth-order valence-electron chi connectivity index (χ4n) is 3.51. The molecule has 1 fully saturated rings. The number of ether oxygens (including phenoxy) is 1. The number of amides is 1. The van der Waals surface area contributed by atoms with E-state index in [1.165, 1.54) is 24.1 Å². The molecule has 1 aliphatic heterocycles. The van der Waals surface area contributed by atoms with Crippen molar-refractivity contribution in [3.63, 3.8) is 0 Å². The summed E-state index contributed by atoms with van der Waals surface area (Å²) in [6.07, 6.45) is -8.44. The standard InChI is InChI=1S/C21H22F6N4O4S.H2/c1-2-36(33,34)29-16-6-5-14(12-18(16)35-21(25,26)27)19(32)31-10-8-30(9-11-31)13-17-15(20(22,23)24)4-3-7-28-17;/h3-7,12,29H,2,8-11,13H2,1H3;1H. The van der Waals surface area contributed by atoms with E-state index in [1.54, 1.807) is 4.90 Å². The third-order valence-corrected chi connectivity index (χ3v) is 6.62. The van der Waals surface area contributed by atoms with Gasteiger partial charge < -0.3 is 9.64 Å². The number of halogens is 6. The largest absolute Gasteiger partial charge is 0.573 e. The number of pyridine rings is 1. The normalized spacial score (nSPS) is 15.6. The molecule has 0 spiro atoms. The van der Waals surface area contributed by atoms with Crippen LogP contribution in [0, 0.1) is 0 Å². The van der Waals surface area contributed by atoms with Crippen LogP contribution in [0.5, 0.6) is 5.75 Å². The van der Waals surface area contributed by atoms with Gasteiger partial charge in [0.2, 0.25) is 10.0 Å². The summed E-state index contributed by atoms with van der Waals surface area (Å²) in [5.41, 5.74) is -1.65. The predicted molar refractivity (Wildman–Crippen MR) is 119 cm³/mol. The Kier molecular flexibility index (Phi) is 8.03. The van der Waals surface area contributed by atoms with Gasteiger partial charge in [0.25, 0.3) is 5.91 Å². The minimum atomic E-state index is -5.14. The van der Waals surface area contributed by atoms with Crippen LogP contribution in [0.15, 0.2) is 36.5 Å². The van der Waals surface area contributed by atoms with Gasteiger partial charge in [-0.15, -0.1) is 13.2 Å². The number of benzene rings is 1. The highest BCUT2D eigenvalue weighted by atomic mass is 32.2. The smallest absolute Gasteiger partial charge is 0.404 e. The van der Waals surface area contributed by atoms with Crippen molar-refractivity contribution < 1.29 is 45.7 Å². The highest BCUT2D eigenvalue weighted by Crippen LogP contribution is 2.33.